The van der Waals surface area contributed by atoms with Crippen molar-refractivity contribution in [3.05, 3.63) is 0 Å². The van der Waals surface area contributed by atoms with E-state index in [4.69, 9.17) is 5.11 Å². The van der Waals surface area contributed by atoms with Gasteiger partial charge in [-0.3, -0.25) is 9.59 Å². The van der Waals surface area contributed by atoms with Crippen molar-refractivity contribution in [2.75, 3.05) is 13.6 Å². The lowest BCUT2D eigenvalue weighted by molar-refractivity contribution is -0.138. The third-order valence-corrected chi connectivity index (χ3v) is 2.53. The van der Waals surface area contributed by atoms with Crippen LogP contribution in [0.4, 0.5) is 0 Å². The van der Waals surface area contributed by atoms with Crippen LogP contribution in [-0.2, 0) is 9.59 Å². The molecule has 4 nitrogen and oxygen atoms in total. The number of aliphatic carboxylic acids is 1. The lowest BCUT2D eigenvalue weighted by atomic mass is 9.97. The van der Waals surface area contributed by atoms with Crippen LogP contribution >= 0.6 is 0 Å². The fraction of sp³-hybridized carbons (Fsp3) is 0.778. The van der Waals surface area contributed by atoms with Crippen molar-refractivity contribution in [1.82, 2.24) is 4.90 Å². The van der Waals surface area contributed by atoms with E-state index in [-0.39, 0.29) is 18.2 Å². The van der Waals surface area contributed by atoms with Crippen molar-refractivity contribution in [2.45, 2.75) is 25.7 Å². The molecule has 4 heteroatoms. The van der Waals surface area contributed by atoms with Gasteiger partial charge < -0.3 is 10.0 Å². The molecule has 0 bridgehead atoms. The van der Waals surface area contributed by atoms with Crippen LogP contribution in [0.2, 0.25) is 0 Å². The third kappa shape index (κ3) is 3.05. The highest BCUT2D eigenvalue weighted by atomic mass is 16.4. The molecule has 1 amide bonds. The van der Waals surface area contributed by atoms with Crippen molar-refractivity contribution in [2.24, 2.45) is 5.92 Å². The first-order valence-corrected chi connectivity index (χ1v) is 4.55. The Morgan fingerprint density at radius 2 is 2.31 bits per heavy atom. The predicted molar refractivity (Wildman–Crippen MR) is 47.2 cm³/mol. The molecule has 1 heterocycles. The Balaban J connectivity index is 2.44. The Bertz CT molecular complexity index is 215. The lowest BCUT2D eigenvalue weighted by Crippen LogP contribution is -2.25. The fourth-order valence-corrected chi connectivity index (χ4v) is 1.61. The summed E-state index contributed by atoms with van der Waals surface area (Å²) < 4.78 is 0. The number of carboxylic acids is 1. The molecule has 1 N–H and O–H groups in total. The van der Waals surface area contributed by atoms with Gasteiger partial charge in [0.15, 0.2) is 0 Å². The summed E-state index contributed by atoms with van der Waals surface area (Å²) in [6.07, 6.45) is 2.22. The minimum absolute atomic E-state index is 0.132. The number of amides is 1. The molecule has 0 saturated carbocycles. The second kappa shape index (κ2) is 4.25. The maximum absolute atomic E-state index is 11.2. The van der Waals surface area contributed by atoms with Gasteiger partial charge in [0.05, 0.1) is 0 Å². The number of carbonyl (C=O) groups excluding carboxylic acids is 1. The van der Waals surface area contributed by atoms with Crippen molar-refractivity contribution >= 4 is 11.9 Å². The second-order valence-electron chi connectivity index (χ2n) is 3.61. The van der Waals surface area contributed by atoms with Crippen molar-refractivity contribution in [3.8, 4) is 0 Å². The van der Waals surface area contributed by atoms with Gasteiger partial charge in [0.25, 0.3) is 0 Å². The molecule has 1 aliphatic rings. The summed E-state index contributed by atoms with van der Waals surface area (Å²) in [6, 6.07) is 0. The normalized spacial score (nSPS) is 24.2. The Hall–Kier alpha value is -1.06. The molecule has 0 aromatic heterocycles. The van der Waals surface area contributed by atoms with Crippen LogP contribution < -0.4 is 0 Å². The number of likely N-dealkylation sites (tertiary alicyclic amines) is 1. The number of hydrogen-bond acceptors (Lipinski definition) is 2. The topological polar surface area (TPSA) is 57.6 Å². The molecule has 74 valence electrons. The maximum atomic E-state index is 11.2. The van der Waals surface area contributed by atoms with E-state index >= 15 is 0 Å². The summed E-state index contributed by atoms with van der Waals surface area (Å²) in [6.45, 7) is 0.691. The Labute approximate surface area is 77.5 Å². The smallest absolute Gasteiger partial charge is 0.303 e. The fourth-order valence-electron chi connectivity index (χ4n) is 1.61. The third-order valence-electron chi connectivity index (χ3n) is 2.53. The SMILES string of the molecule is CN1CC[C@H](CC(=O)O)CCC1=O. The van der Waals surface area contributed by atoms with Gasteiger partial charge in [-0.1, -0.05) is 0 Å². The van der Waals surface area contributed by atoms with E-state index in [0.717, 1.165) is 12.8 Å². The van der Waals surface area contributed by atoms with E-state index in [9.17, 15) is 9.59 Å². The number of hydrogen-bond donors (Lipinski definition) is 1. The first kappa shape index (κ1) is 10.0. The molecule has 1 fully saturated rings. The Kier molecular flexibility index (Phi) is 3.28. The quantitative estimate of drug-likeness (QED) is 0.689. The van der Waals surface area contributed by atoms with E-state index < -0.39 is 5.97 Å². The number of nitrogens with zero attached hydrogens (tertiary/aromatic N) is 1. The molecule has 0 aromatic rings. The monoisotopic (exact) mass is 185 g/mol. The Morgan fingerprint density at radius 3 is 2.92 bits per heavy atom. The van der Waals surface area contributed by atoms with E-state index in [0.29, 0.717) is 13.0 Å². The van der Waals surface area contributed by atoms with Crippen LogP contribution in [0, 0.1) is 5.92 Å². The van der Waals surface area contributed by atoms with Crippen LogP contribution in [-0.4, -0.2) is 35.5 Å². The number of carboxylic acid groups (broad SMARTS) is 1. The molecular formula is C9H15NO3. The molecule has 1 aliphatic heterocycles. The highest BCUT2D eigenvalue weighted by molar-refractivity contribution is 5.76. The van der Waals surface area contributed by atoms with Gasteiger partial charge in [0.1, 0.15) is 0 Å². The van der Waals surface area contributed by atoms with E-state index in [2.05, 4.69) is 0 Å². The molecule has 1 rings (SSSR count). The first-order chi connectivity index (χ1) is 6.09. The van der Waals surface area contributed by atoms with Crippen LogP contribution in [0.15, 0.2) is 0 Å². The maximum Gasteiger partial charge on any atom is 0.303 e. The van der Waals surface area contributed by atoms with Crippen LogP contribution in [0.3, 0.4) is 0 Å². The van der Waals surface area contributed by atoms with Gasteiger partial charge in [-0.25, -0.2) is 0 Å². The summed E-state index contributed by atoms with van der Waals surface area (Å²) in [7, 11) is 1.77. The summed E-state index contributed by atoms with van der Waals surface area (Å²) in [5.41, 5.74) is 0. The zero-order valence-corrected chi connectivity index (χ0v) is 7.82. The summed E-state index contributed by atoms with van der Waals surface area (Å²) in [4.78, 5) is 23.4. The average molecular weight is 185 g/mol. The molecular weight excluding hydrogens is 170 g/mol. The summed E-state index contributed by atoms with van der Waals surface area (Å²) in [5, 5.41) is 8.59. The van der Waals surface area contributed by atoms with Crippen LogP contribution in [0.25, 0.3) is 0 Å². The van der Waals surface area contributed by atoms with Gasteiger partial charge in [-0.2, -0.15) is 0 Å². The van der Waals surface area contributed by atoms with Crippen LogP contribution in [0.5, 0.6) is 0 Å². The van der Waals surface area contributed by atoms with Crippen LogP contribution in [0.1, 0.15) is 25.7 Å². The predicted octanol–water partition coefficient (Wildman–Crippen LogP) is 0.720. The number of carbonyl (C=O) groups is 2. The van der Waals surface area contributed by atoms with Crippen molar-refractivity contribution in [1.29, 1.82) is 0 Å². The standard InChI is InChI=1S/C9H15NO3/c1-10-5-4-7(6-9(12)13)2-3-8(10)11/h7H,2-6H2,1H3,(H,12,13)/t7-/m1/s1. The largest absolute Gasteiger partial charge is 0.481 e. The molecule has 13 heavy (non-hydrogen) atoms. The molecule has 0 unspecified atom stereocenters. The van der Waals surface area contributed by atoms with Gasteiger partial charge in [0.2, 0.25) is 5.91 Å². The zero-order chi connectivity index (χ0) is 9.84. The molecule has 0 radical (unpaired) electrons. The zero-order valence-electron chi connectivity index (χ0n) is 7.82. The number of rotatable bonds is 2. The minimum Gasteiger partial charge on any atom is -0.481 e. The molecule has 0 aliphatic carbocycles. The molecule has 1 saturated heterocycles. The van der Waals surface area contributed by atoms with E-state index in [1.165, 1.54) is 0 Å². The second-order valence-corrected chi connectivity index (χ2v) is 3.61. The molecule has 1 atom stereocenters. The van der Waals surface area contributed by atoms with Gasteiger partial charge in [0, 0.05) is 26.4 Å². The highest BCUT2D eigenvalue weighted by Crippen LogP contribution is 2.20. The molecule has 0 aromatic carbocycles. The average Bonchev–Trinajstić information content (AvgIpc) is 2.19. The minimum atomic E-state index is -0.762. The lowest BCUT2D eigenvalue weighted by Gasteiger charge is -2.13. The van der Waals surface area contributed by atoms with E-state index in [1.54, 1.807) is 11.9 Å². The van der Waals surface area contributed by atoms with Gasteiger partial charge in [-0.05, 0) is 18.8 Å². The Morgan fingerprint density at radius 1 is 1.62 bits per heavy atom. The van der Waals surface area contributed by atoms with Crippen molar-refractivity contribution < 1.29 is 14.7 Å². The van der Waals surface area contributed by atoms with Gasteiger partial charge in [-0.15, -0.1) is 0 Å². The van der Waals surface area contributed by atoms with Gasteiger partial charge >= 0.3 is 5.97 Å². The summed E-state index contributed by atoms with van der Waals surface area (Å²) in [5.74, 6) is -0.457. The van der Waals surface area contributed by atoms with E-state index in [1.807, 2.05) is 0 Å². The van der Waals surface area contributed by atoms with Crippen molar-refractivity contribution in [3.63, 3.8) is 0 Å². The first-order valence-electron chi connectivity index (χ1n) is 4.55. The molecule has 0 spiro atoms. The highest BCUT2D eigenvalue weighted by Gasteiger charge is 2.21. The summed E-state index contributed by atoms with van der Waals surface area (Å²) >= 11 is 0.